The quantitative estimate of drug-likeness (QED) is 0.378. The van der Waals surface area contributed by atoms with Gasteiger partial charge in [0.05, 0.1) is 22.8 Å². The third-order valence-corrected chi connectivity index (χ3v) is 6.78. The van der Waals surface area contributed by atoms with E-state index >= 15 is 0 Å². The van der Waals surface area contributed by atoms with Crippen LogP contribution in [0.1, 0.15) is 16.7 Å². The molecule has 2 N–H and O–H groups in total. The van der Waals surface area contributed by atoms with E-state index in [1.165, 1.54) is 0 Å². The third kappa shape index (κ3) is 5.98. The molecule has 0 saturated carbocycles. The van der Waals surface area contributed by atoms with Crippen molar-refractivity contribution in [1.29, 1.82) is 0 Å². The Bertz CT molecular complexity index is 1170. The van der Waals surface area contributed by atoms with Crippen molar-refractivity contribution in [3.05, 3.63) is 81.3 Å². The lowest BCUT2D eigenvalue weighted by atomic mass is 10.1. The SMILES string of the molecule is COc1cc(N2CCN(C)CC2)ccc1NCc1cc(/C=C/c2ccc(Cl)c(Cl)c2)ccc1O. The van der Waals surface area contributed by atoms with Crippen molar-refractivity contribution in [1.82, 2.24) is 4.90 Å². The van der Waals surface area contributed by atoms with E-state index in [0.29, 0.717) is 16.6 Å². The number of nitrogens with one attached hydrogen (secondary N) is 1. The number of benzene rings is 3. The van der Waals surface area contributed by atoms with Gasteiger partial charge in [-0.25, -0.2) is 0 Å². The normalized spacial score (nSPS) is 14.5. The molecule has 0 aromatic heterocycles. The van der Waals surface area contributed by atoms with Crippen molar-refractivity contribution in [2.24, 2.45) is 0 Å². The number of phenols is 1. The first kappa shape index (κ1) is 24.3. The van der Waals surface area contributed by atoms with Gasteiger partial charge in [0.25, 0.3) is 0 Å². The maximum Gasteiger partial charge on any atom is 0.144 e. The molecule has 1 heterocycles. The molecule has 1 saturated heterocycles. The number of methoxy groups -OCH3 is 1. The summed E-state index contributed by atoms with van der Waals surface area (Å²) >= 11 is 12.1. The molecule has 34 heavy (non-hydrogen) atoms. The highest BCUT2D eigenvalue weighted by Crippen LogP contribution is 2.31. The van der Waals surface area contributed by atoms with Crippen LogP contribution < -0.4 is 15.0 Å². The molecular formula is C27H29Cl2N3O2. The third-order valence-electron chi connectivity index (χ3n) is 6.04. The molecular weight excluding hydrogens is 469 g/mol. The van der Waals surface area contributed by atoms with Crippen molar-refractivity contribution in [3.63, 3.8) is 0 Å². The van der Waals surface area contributed by atoms with Crippen molar-refractivity contribution in [3.8, 4) is 11.5 Å². The Labute approximate surface area is 211 Å². The maximum atomic E-state index is 10.4. The van der Waals surface area contributed by atoms with Gasteiger partial charge >= 0.3 is 0 Å². The molecule has 178 valence electrons. The van der Waals surface area contributed by atoms with Crippen LogP contribution in [0.2, 0.25) is 10.0 Å². The van der Waals surface area contributed by atoms with E-state index in [2.05, 4.69) is 34.3 Å². The molecule has 3 aromatic carbocycles. The van der Waals surface area contributed by atoms with Gasteiger partial charge in [-0.2, -0.15) is 0 Å². The smallest absolute Gasteiger partial charge is 0.144 e. The molecule has 0 bridgehead atoms. The molecule has 0 spiro atoms. The number of aromatic hydroxyl groups is 1. The molecule has 0 atom stereocenters. The molecule has 3 aromatic rings. The number of hydrogen-bond donors (Lipinski definition) is 2. The number of likely N-dealkylation sites (N-methyl/N-ethyl adjacent to an activating group) is 1. The van der Waals surface area contributed by atoms with E-state index in [1.807, 2.05) is 42.5 Å². The standard InChI is InChI=1S/C27H29Cl2N3O2/c1-31-11-13-32(14-12-31)22-7-9-25(27(17-22)34-2)30-18-21-15-19(6-10-26(21)33)3-4-20-5-8-23(28)24(29)16-20/h3-10,15-17,30,33H,11-14,18H2,1-2H3/b4-3+. The number of phenolic OH excluding ortho intramolecular Hbond substituents is 1. The van der Waals surface area contributed by atoms with Gasteiger partial charge in [0, 0.05) is 50.0 Å². The fourth-order valence-corrected chi connectivity index (χ4v) is 4.24. The van der Waals surface area contributed by atoms with E-state index < -0.39 is 0 Å². The summed E-state index contributed by atoms with van der Waals surface area (Å²) in [5.41, 5.74) is 4.76. The van der Waals surface area contributed by atoms with Crippen LogP contribution in [0.5, 0.6) is 11.5 Å². The lowest BCUT2D eigenvalue weighted by molar-refractivity contribution is 0.312. The van der Waals surface area contributed by atoms with E-state index in [-0.39, 0.29) is 5.75 Å². The van der Waals surface area contributed by atoms with Gasteiger partial charge in [-0.1, -0.05) is 47.5 Å². The lowest BCUT2D eigenvalue weighted by Gasteiger charge is -2.34. The summed E-state index contributed by atoms with van der Waals surface area (Å²) in [6.07, 6.45) is 3.94. The second-order valence-corrected chi connectivity index (χ2v) is 9.24. The zero-order valence-corrected chi connectivity index (χ0v) is 20.9. The van der Waals surface area contributed by atoms with E-state index in [1.54, 1.807) is 19.2 Å². The monoisotopic (exact) mass is 497 g/mol. The number of piperazine rings is 1. The largest absolute Gasteiger partial charge is 0.508 e. The minimum atomic E-state index is 0.243. The second-order valence-electron chi connectivity index (χ2n) is 8.42. The molecule has 0 radical (unpaired) electrons. The number of halogens is 2. The number of anilines is 2. The van der Waals surface area contributed by atoms with Crippen LogP contribution in [-0.2, 0) is 6.54 Å². The van der Waals surface area contributed by atoms with Crippen molar-refractivity contribution >= 4 is 46.7 Å². The van der Waals surface area contributed by atoms with Gasteiger partial charge in [-0.3, -0.25) is 0 Å². The predicted molar refractivity (Wildman–Crippen MR) is 144 cm³/mol. The Hall–Kier alpha value is -2.86. The number of nitrogens with zero attached hydrogens (tertiary/aromatic N) is 2. The zero-order valence-electron chi connectivity index (χ0n) is 19.4. The maximum absolute atomic E-state index is 10.4. The first-order chi connectivity index (χ1) is 16.4. The fourth-order valence-electron chi connectivity index (χ4n) is 3.94. The molecule has 1 aliphatic rings. The molecule has 0 unspecified atom stereocenters. The average molecular weight is 498 g/mol. The Morgan fingerprint density at radius 2 is 1.62 bits per heavy atom. The van der Waals surface area contributed by atoms with Gasteiger partial charge < -0.3 is 25.0 Å². The first-order valence-electron chi connectivity index (χ1n) is 11.2. The highest BCUT2D eigenvalue weighted by molar-refractivity contribution is 6.42. The molecule has 5 nitrogen and oxygen atoms in total. The van der Waals surface area contributed by atoms with E-state index in [4.69, 9.17) is 27.9 Å². The van der Waals surface area contributed by atoms with Gasteiger partial charge in [0.2, 0.25) is 0 Å². The summed E-state index contributed by atoms with van der Waals surface area (Å²) in [6.45, 7) is 4.57. The summed E-state index contributed by atoms with van der Waals surface area (Å²) in [5, 5.41) is 14.8. The lowest BCUT2D eigenvalue weighted by Crippen LogP contribution is -2.44. The summed E-state index contributed by atoms with van der Waals surface area (Å²) in [6, 6.07) is 17.3. The van der Waals surface area contributed by atoms with Crippen molar-refractivity contribution < 1.29 is 9.84 Å². The molecule has 1 fully saturated rings. The van der Waals surface area contributed by atoms with Crippen LogP contribution in [0.3, 0.4) is 0 Å². The fraction of sp³-hybridized carbons (Fsp3) is 0.259. The summed E-state index contributed by atoms with van der Waals surface area (Å²) in [7, 11) is 3.83. The van der Waals surface area contributed by atoms with Gasteiger partial charge in [-0.05, 0) is 54.6 Å². The van der Waals surface area contributed by atoms with Gasteiger partial charge in [-0.15, -0.1) is 0 Å². The van der Waals surface area contributed by atoms with Crippen molar-refractivity contribution in [2.45, 2.75) is 6.54 Å². The first-order valence-corrected chi connectivity index (χ1v) is 12.0. The summed E-state index contributed by atoms with van der Waals surface area (Å²) in [4.78, 5) is 4.71. The van der Waals surface area contributed by atoms with Crippen LogP contribution in [0.4, 0.5) is 11.4 Å². The highest BCUT2D eigenvalue weighted by Gasteiger charge is 2.16. The Morgan fingerprint density at radius 1 is 0.912 bits per heavy atom. The summed E-state index contributed by atoms with van der Waals surface area (Å²) in [5.74, 6) is 1.03. The molecule has 0 amide bonds. The van der Waals surface area contributed by atoms with Crippen molar-refractivity contribution in [2.75, 3.05) is 50.6 Å². The van der Waals surface area contributed by atoms with Gasteiger partial charge in [0.15, 0.2) is 0 Å². The Kier molecular flexibility index (Phi) is 7.88. The van der Waals surface area contributed by atoms with E-state index in [9.17, 15) is 5.11 Å². The topological polar surface area (TPSA) is 48.0 Å². The highest BCUT2D eigenvalue weighted by atomic mass is 35.5. The Morgan fingerprint density at radius 3 is 2.32 bits per heavy atom. The Balaban J connectivity index is 1.45. The van der Waals surface area contributed by atoms with Crippen LogP contribution in [0.25, 0.3) is 12.2 Å². The van der Waals surface area contributed by atoms with E-state index in [0.717, 1.165) is 60.0 Å². The average Bonchev–Trinajstić information content (AvgIpc) is 2.85. The van der Waals surface area contributed by atoms with Crippen LogP contribution >= 0.6 is 23.2 Å². The minimum absolute atomic E-state index is 0.243. The second kappa shape index (κ2) is 11.0. The van der Waals surface area contributed by atoms with Crippen LogP contribution in [0, 0.1) is 0 Å². The number of rotatable bonds is 7. The molecule has 0 aliphatic carbocycles. The van der Waals surface area contributed by atoms with Crippen LogP contribution in [0.15, 0.2) is 54.6 Å². The molecule has 4 rings (SSSR count). The number of hydrogen-bond acceptors (Lipinski definition) is 5. The minimum Gasteiger partial charge on any atom is -0.508 e. The molecule has 1 aliphatic heterocycles. The van der Waals surface area contributed by atoms with Gasteiger partial charge in [0.1, 0.15) is 11.5 Å². The summed E-state index contributed by atoms with van der Waals surface area (Å²) < 4.78 is 5.65. The number of ether oxygens (including phenoxy) is 1. The predicted octanol–water partition coefficient (Wildman–Crippen LogP) is 6.24. The zero-order chi connectivity index (χ0) is 24.1. The van der Waals surface area contributed by atoms with Crippen LogP contribution in [-0.4, -0.2) is 50.3 Å². The molecule has 7 heteroatoms.